The maximum Gasteiger partial charge on any atom is 0.433 e. The molecule has 34 heavy (non-hydrogen) atoms. The number of carbonyl (C=O) groups is 1. The van der Waals surface area contributed by atoms with E-state index in [4.69, 9.17) is 0 Å². The topological polar surface area (TPSA) is 80.0 Å². The van der Waals surface area contributed by atoms with E-state index in [0.717, 1.165) is 22.8 Å². The van der Waals surface area contributed by atoms with Gasteiger partial charge in [-0.25, -0.2) is 18.7 Å². The molecule has 0 radical (unpaired) electrons. The third kappa shape index (κ3) is 4.74. The molecule has 176 valence electrons. The Labute approximate surface area is 189 Å². The van der Waals surface area contributed by atoms with Crippen LogP contribution >= 0.6 is 0 Å². The number of anilines is 1. The first-order valence-corrected chi connectivity index (χ1v) is 9.95. The minimum absolute atomic E-state index is 0.0530. The second-order valence-electron chi connectivity index (χ2n) is 7.80. The van der Waals surface area contributed by atoms with Crippen molar-refractivity contribution in [2.45, 2.75) is 25.1 Å². The van der Waals surface area contributed by atoms with E-state index in [1.165, 1.54) is 6.92 Å². The molecule has 0 saturated heterocycles. The second-order valence-corrected chi connectivity index (χ2v) is 7.80. The molecule has 11 heteroatoms. The van der Waals surface area contributed by atoms with E-state index in [1.54, 1.807) is 30.3 Å². The van der Waals surface area contributed by atoms with E-state index in [1.807, 2.05) is 0 Å². The van der Waals surface area contributed by atoms with E-state index in [-0.39, 0.29) is 22.8 Å². The van der Waals surface area contributed by atoms with Crippen molar-refractivity contribution in [2.24, 2.45) is 0 Å². The van der Waals surface area contributed by atoms with Gasteiger partial charge in [0, 0.05) is 6.07 Å². The Morgan fingerprint density at radius 2 is 1.65 bits per heavy atom. The molecule has 2 aromatic carbocycles. The number of fused-ring (bicyclic) bond motifs is 1. The lowest BCUT2D eigenvalue weighted by Crippen LogP contribution is -2.29. The Hall–Kier alpha value is -3.86. The first-order chi connectivity index (χ1) is 15.9. The minimum Gasteiger partial charge on any atom is -0.385 e. The number of alkyl halides is 3. The summed E-state index contributed by atoms with van der Waals surface area (Å²) in [4.78, 5) is 20.4. The average molecular weight is 476 g/mol. The number of hydrogen-bond donors (Lipinski definition) is 2. The molecule has 2 N–H and O–H groups in total. The highest BCUT2D eigenvalue weighted by Gasteiger charge is 2.34. The predicted octanol–water partition coefficient (Wildman–Crippen LogP) is 4.95. The number of nitrogens with one attached hydrogen (secondary N) is 1. The monoisotopic (exact) mass is 476 g/mol. The number of rotatable bonds is 5. The highest BCUT2D eigenvalue weighted by molar-refractivity contribution is 5.92. The number of aliphatic hydroxyl groups is 1. The van der Waals surface area contributed by atoms with Crippen LogP contribution < -0.4 is 5.32 Å². The standard InChI is InChI=1S/C23H17F5N4O2/c1-22(34,13-5-3-2-4-6-13)12-19(33)31-21-29-17-7-8-18(23(26,27)28)30-20(17)32(21)16-10-14(24)9-15(25)11-16/h2-11,34H,12H2,1H3,(H,29,31,33)/t22-/m0/s1. The summed E-state index contributed by atoms with van der Waals surface area (Å²) < 4.78 is 68.4. The zero-order chi connectivity index (χ0) is 24.7. The van der Waals surface area contributed by atoms with Crippen LogP contribution in [0.15, 0.2) is 60.7 Å². The van der Waals surface area contributed by atoms with Crippen molar-refractivity contribution in [3.63, 3.8) is 0 Å². The molecule has 2 heterocycles. The molecule has 0 saturated carbocycles. The molecule has 2 aromatic heterocycles. The Morgan fingerprint density at radius 1 is 1.00 bits per heavy atom. The number of benzene rings is 2. The van der Waals surface area contributed by atoms with Crippen molar-refractivity contribution < 1.29 is 31.9 Å². The van der Waals surface area contributed by atoms with E-state index in [2.05, 4.69) is 15.3 Å². The Bertz CT molecular complexity index is 1350. The summed E-state index contributed by atoms with van der Waals surface area (Å²) in [6, 6.07) is 12.4. The van der Waals surface area contributed by atoms with Crippen LogP contribution in [0.5, 0.6) is 0 Å². The van der Waals surface area contributed by atoms with Crippen LogP contribution in [0.1, 0.15) is 24.6 Å². The molecule has 0 aliphatic heterocycles. The van der Waals surface area contributed by atoms with Crippen LogP contribution in [0, 0.1) is 11.6 Å². The number of hydrogen-bond acceptors (Lipinski definition) is 4. The zero-order valence-corrected chi connectivity index (χ0v) is 17.6. The number of amides is 1. The van der Waals surface area contributed by atoms with Gasteiger partial charge in [0.2, 0.25) is 11.9 Å². The molecule has 0 unspecified atom stereocenters. The number of aromatic nitrogens is 3. The minimum atomic E-state index is -4.78. The van der Waals surface area contributed by atoms with Crippen LogP contribution in [0.25, 0.3) is 16.9 Å². The molecule has 4 aromatic rings. The normalized spacial score (nSPS) is 13.6. The maximum absolute atomic E-state index is 13.9. The maximum atomic E-state index is 13.9. The Morgan fingerprint density at radius 3 is 2.26 bits per heavy atom. The lowest BCUT2D eigenvalue weighted by molar-refractivity contribution is -0.141. The van der Waals surface area contributed by atoms with Crippen molar-refractivity contribution in [3.8, 4) is 5.69 Å². The lowest BCUT2D eigenvalue weighted by atomic mass is 9.92. The molecule has 0 fully saturated rings. The smallest absolute Gasteiger partial charge is 0.385 e. The summed E-state index contributed by atoms with van der Waals surface area (Å²) in [6.07, 6.45) is -5.22. The van der Waals surface area contributed by atoms with Crippen molar-refractivity contribution >= 4 is 23.0 Å². The average Bonchev–Trinajstić information content (AvgIpc) is 3.09. The zero-order valence-electron chi connectivity index (χ0n) is 17.6. The third-order valence-corrected chi connectivity index (χ3v) is 5.05. The molecule has 1 amide bonds. The van der Waals surface area contributed by atoms with Gasteiger partial charge in [-0.05, 0) is 36.8 Å². The first-order valence-electron chi connectivity index (χ1n) is 9.95. The third-order valence-electron chi connectivity index (χ3n) is 5.05. The van der Waals surface area contributed by atoms with Gasteiger partial charge in [-0.3, -0.25) is 14.7 Å². The molecule has 4 rings (SSSR count). The number of imidazole rings is 1. The fraction of sp³-hybridized carbons (Fsp3) is 0.174. The summed E-state index contributed by atoms with van der Waals surface area (Å²) in [7, 11) is 0. The second kappa shape index (κ2) is 8.49. The van der Waals surface area contributed by atoms with Crippen molar-refractivity contribution in [1.29, 1.82) is 0 Å². The SMILES string of the molecule is C[C@](O)(CC(=O)Nc1nc2ccc(C(F)(F)F)nc2n1-c1cc(F)cc(F)c1)c1ccccc1. The molecule has 6 nitrogen and oxygen atoms in total. The Kier molecular flexibility index (Phi) is 5.82. The quantitative estimate of drug-likeness (QED) is 0.400. The van der Waals surface area contributed by atoms with E-state index in [0.29, 0.717) is 17.7 Å². The lowest BCUT2D eigenvalue weighted by Gasteiger charge is -2.23. The molecule has 0 aliphatic rings. The fourth-order valence-electron chi connectivity index (χ4n) is 3.49. The number of halogens is 5. The molecule has 0 spiro atoms. The summed E-state index contributed by atoms with van der Waals surface area (Å²) in [6.45, 7) is 1.42. The number of pyridine rings is 1. The van der Waals surface area contributed by atoms with Crippen molar-refractivity contribution in [2.75, 3.05) is 5.32 Å². The van der Waals surface area contributed by atoms with E-state index in [9.17, 15) is 31.9 Å². The van der Waals surface area contributed by atoms with Crippen LogP contribution in [-0.2, 0) is 16.6 Å². The molecular formula is C23H17F5N4O2. The summed E-state index contributed by atoms with van der Waals surface area (Å²) >= 11 is 0. The van der Waals surface area contributed by atoms with Gasteiger partial charge in [0.15, 0.2) is 5.65 Å². The van der Waals surface area contributed by atoms with Gasteiger partial charge in [-0.15, -0.1) is 0 Å². The van der Waals surface area contributed by atoms with Gasteiger partial charge in [-0.1, -0.05) is 30.3 Å². The molecular weight excluding hydrogens is 459 g/mol. The van der Waals surface area contributed by atoms with Gasteiger partial charge in [0.1, 0.15) is 22.8 Å². The van der Waals surface area contributed by atoms with Crippen LogP contribution in [0.3, 0.4) is 0 Å². The molecule has 0 aliphatic carbocycles. The van der Waals surface area contributed by atoms with Crippen LogP contribution in [0.4, 0.5) is 27.9 Å². The highest BCUT2D eigenvalue weighted by atomic mass is 19.4. The van der Waals surface area contributed by atoms with Crippen LogP contribution in [0.2, 0.25) is 0 Å². The van der Waals surface area contributed by atoms with Gasteiger partial charge < -0.3 is 5.11 Å². The van der Waals surface area contributed by atoms with E-state index >= 15 is 0 Å². The number of nitrogens with zero attached hydrogens (tertiary/aromatic N) is 3. The first kappa shape index (κ1) is 23.3. The van der Waals surface area contributed by atoms with Crippen LogP contribution in [-0.4, -0.2) is 25.5 Å². The molecule has 0 bridgehead atoms. The van der Waals surface area contributed by atoms with Gasteiger partial charge in [0.05, 0.1) is 17.7 Å². The highest BCUT2D eigenvalue weighted by Crippen LogP contribution is 2.32. The largest absolute Gasteiger partial charge is 0.433 e. The van der Waals surface area contributed by atoms with Gasteiger partial charge in [0.25, 0.3) is 0 Å². The summed E-state index contributed by atoms with van der Waals surface area (Å²) in [5.74, 6) is -3.04. The fourth-order valence-corrected chi connectivity index (χ4v) is 3.49. The summed E-state index contributed by atoms with van der Waals surface area (Å²) in [5, 5.41) is 13.1. The van der Waals surface area contributed by atoms with Crippen molar-refractivity contribution in [1.82, 2.24) is 14.5 Å². The number of carbonyl (C=O) groups excluding carboxylic acids is 1. The Balaban J connectivity index is 1.78. The van der Waals surface area contributed by atoms with Crippen molar-refractivity contribution in [3.05, 3.63) is 83.6 Å². The summed E-state index contributed by atoms with van der Waals surface area (Å²) in [5.41, 5.74) is -3.02. The van der Waals surface area contributed by atoms with E-state index < -0.39 is 41.4 Å². The molecule has 1 atom stereocenters. The van der Waals surface area contributed by atoms with Gasteiger partial charge in [-0.2, -0.15) is 13.2 Å². The van der Waals surface area contributed by atoms with Gasteiger partial charge >= 0.3 is 6.18 Å². The predicted molar refractivity (Wildman–Crippen MR) is 113 cm³/mol.